The average molecular weight is 444 g/mol. The van der Waals surface area contributed by atoms with Crippen molar-refractivity contribution in [2.45, 2.75) is 13.5 Å². The van der Waals surface area contributed by atoms with Crippen molar-refractivity contribution in [2.24, 2.45) is 7.05 Å². The molecule has 4 aromatic rings. The van der Waals surface area contributed by atoms with Crippen molar-refractivity contribution in [3.05, 3.63) is 75.9 Å². The van der Waals surface area contributed by atoms with E-state index < -0.39 is 11.6 Å². The summed E-state index contributed by atoms with van der Waals surface area (Å²) in [4.78, 5) is 4.47. The maximum Gasteiger partial charge on any atom is 0.223 e. The van der Waals surface area contributed by atoms with Crippen LogP contribution in [0, 0.1) is 18.6 Å². The molecule has 0 spiro atoms. The first-order valence-electron chi connectivity index (χ1n) is 8.60. The van der Waals surface area contributed by atoms with Gasteiger partial charge >= 0.3 is 0 Å². The molecule has 0 saturated heterocycles. The molecule has 0 aliphatic rings. The molecule has 0 amide bonds. The van der Waals surface area contributed by atoms with Crippen LogP contribution in [0.5, 0.6) is 5.88 Å². The highest BCUT2D eigenvalue weighted by Crippen LogP contribution is 2.37. The summed E-state index contributed by atoms with van der Waals surface area (Å²) >= 11 is 2.95. The van der Waals surface area contributed by atoms with Gasteiger partial charge in [-0.05, 0) is 46.6 Å². The molecular formula is C21H16BrF2N3O. The summed E-state index contributed by atoms with van der Waals surface area (Å²) in [7, 11) is 1.62. The number of pyridine rings is 1. The molecule has 0 unspecified atom stereocenters. The first-order chi connectivity index (χ1) is 13.5. The minimum absolute atomic E-state index is 0.206. The fourth-order valence-corrected chi connectivity index (χ4v) is 3.39. The van der Waals surface area contributed by atoms with E-state index in [1.165, 1.54) is 10.7 Å². The second kappa shape index (κ2) is 7.31. The van der Waals surface area contributed by atoms with Crippen molar-refractivity contribution in [3.8, 4) is 17.1 Å². The van der Waals surface area contributed by atoms with E-state index >= 15 is 0 Å². The molecule has 0 N–H and O–H groups in total. The standard InChI is InChI=1S/C21H16BrF2N3O/c1-12-8-9-14(21(25-12)28-11-13-6-4-3-5-7-13)19-15-10-16(23)17(22)18(24)20(15)27(2)26-19/h3-10H,11H2,1-2H3. The molecular weight excluding hydrogens is 428 g/mol. The fourth-order valence-electron chi connectivity index (χ4n) is 3.08. The van der Waals surface area contributed by atoms with Crippen LogP contribution in [-0.4, -0.2) is 14.8 Å². The Morgan fingerprint density at radius 3 is 2.61 bits per heavy atom. The van der Waals surface area contributed by atoms with E-state index in [4.69, 9.17) is 4.74 Å². The molecule has 0 atom stereocenters. The number of hydrogen-bond acceptors (Lipinski definition) is 3. The zero-order valence-electron chi connectivity index (χ0n) is 15.2. The molecule has 2 aromatic heterocycles. The third-order valence-corrected chi connectivity index (χ3v) is 5.17. The predicted molar refractivity (Wildman–Crippen MR) is 107 cm³/mol. The van der Waals surface area contributed by atoms with Crippen LogP contribution in [0.25, 0.3) is 22.2 Å². The molecule has 0 saturated carbocycles. The normalized spacial score (nSPS) is 11.2. The molecule has 4 rings (SSSR count). The third-order valence-electron chi connectivity index (χ3n) is 4.44. The van der Waals surface area contributed by atoms with Gasteiger partial charge in [-0.3, -0.25) is 4.68 Å². The van der Waals surface area contributed by atoms with Crippen LogP contribution in [0.3, 0.4) is 0 Å². The lowest BCUT2D eigenvalue weighted by molar-refractivity contribution is 0.294. The number of nitrogens with zero attached hydrogens (tertiary/aromatic N) is 3. The molecule has 0 bridgehead atoms. The molecule has 142 valence electrons. The lowest BCUT2D eigenvalue weighted by atomic mass is 10.1. The average Bonchev–Trinajstić information content (AvgIpc) is 3.01. The van der Waals surface area contributed by atoms with Gasteiger partial charge in [0.1, 0.15) is 23.6 Å². The second-order valence-corrected chi connectivity index (χ2v) is 7.23. The number of halogens is 3. The fraction of sp³-hybridized carbons (Fsp3) is 0.143. The van der Waals surface area contributed by atoms with Crippen LogP contribution in [-0.2, 0) is 13.7 Å². The smallest absolute Gasteiger partial charge is 0.223 e. The maximum atomic E-state index is 14.6. The Kier molecular flexibility index (Phi) is 4.85. The van der Waals surface area contributed by atoms with E-state index in [-0.39, 0.29) is 9.99 Å². The number of aryl methyl sites for hydroxylation is 2. The quantitative estimate of drug-likeness (QED) is 0.387. The summed E-state index contributed by atoms with van der Waals surface area (Å²) in [5, 5.41) is 4.77. The van der Waals surface area contributed by atoms with Crippen molar-refractivity contribution in [1.29, 1.82) is 0 Å². The van der Waals surface area contributed by atoms with Crippen LogP contribution in [0.15, 0.2) is 53.0 Å². The highest BCUT2D eigenvalue weighted by Gasteiger charge is 2.22. The van der Waals surface area contributed by atoms with Gasteiger partial charge in [0.25, 0.3) is 0 Å². The monoisotopic (exact) mass is 443 g/mol. The third kappa shape index (κ3) is 3.26. The molecule has 0 radical (unpaired) electrons. The topological polar surface area (TPSA) is 39.9 Å². The zero-order valence-corrected chi connectivity index (χ0v) is 16.8. The Morgan fingerprint density at radius 1 is 1.11 bits per heavy atom. The number of hydrogen-bond donors (Lipinski definition) is 0. The van der Waals surface area contributed by atoms with Gasteiger partial charge in [-0.1, -0.05) is 30.3 Å². The first kappa shape index (κ1) is 18.6. The summed E-state index contributed by atoms with van der Waals surface area (Å²) in [5.74, 6) is -1.01. The Bertz CT molecular complexity index is 1180. The molecule has 0 aliphatic carbocycles. The number of rotatable bonds is 4. The van der Waals surface area contributed by atoms with Gasteiger partial charge in [-0.15, -0.1) is 0 Å². The summed E-state index contributed by atoms with van der Waals surface area (Å²) < 4.78 is 35.9. The summed E-state index contributed by atoms with van der Waals surface area (Å²) in [6.45, 7) is 2.18. The van der Waals surface area contributed by atoms with Crippen molar-refractivity contribution in [2.75, 3.05) is 0 Å². The lowest BCUT2D eigenvalue weighted by Crippen LogP contribution is -2.00. The zero-order chi connectivity index (χ0) is 19.8. The van der Waals surface area contributed by atoms with Gasteiger partial charge < -0.3 is 4.74 Å². The molecule has 2 aromatic carbocycles. The summed E-state index contributed by atoms with van der Waals surface area (Å²) in [6, 6.07) is 14.6. The minimum Gasteiger partial charge on any atom is -0.472 e. The Labute approximate surface area is 168 Å². The van der Waals surface area contributed by atoms with E-state index in [1.807, 2.05) is 49.4 Å². The lowest BCUT2D eigenvalue weighted by Gasteiger charge is -2.10. The predicted octanol–water partition coefficient (Wildman–Crippen LogP) is 5.56. The van der Waals surface area contributed by atoms with Crippen LogP contribution >= 0.6 is 15.9 Å². The largest absolute Gasteiger partial charge is 0.472 e. The molecule has 2 heterocycles. The number of aromatic nitrogens is 3. The number of fused-ring (bicyclic) bond motifs is 1. The van der Waals surface area contributed by atoms with Crippen LogP contribution < -0.4 is 4.74 Å². The van der Waals surface area contributed by atoms with Crippen LogP contribution in [0.1, 0.15) is 11.3 Å². The molecule has 0 aliphatic heterocycles. The number of benzene rings is 2. The summed E-state index contributed by atoms with van der Waals surface area (Å²) in [5.41, 5.74) is 2.96. The Morgan fingerprint density at radius 2 is 1.86 bits per heavy atom. The van der Waals surface area contributed by atoms with Gasteiger partial charge in [-0.25, -0.2) is 13.8 Å². The van der Waals surface area contributed by atoms with E-state index in [2.05, 4.69) is 26.0 Å². The number of ether oxygens (including phenoxy) is 1. The maximum absolute atomic E-state index is 14.6. The van der Waals surface area contributed by atoms with Gasteiger partial charge in [0.05, 0.1) is 10.0 Å². The van der Waals surface area contributed by atoms with Crippen LogP contribution in [0.2, 0.25) is 0 Å². The van der Waals surface area contributed by atoms with E-state index in [9.17, 15) is 8.78 Å². The van der Waals surface area contributed by atoms with Crippen LogP contribution in [0.4, 0.5) is 8.78 Å². The second-order valence-electron chi connectivity index (χ2n) is 6.43. The van der Waals surface area contributed by atoms with E-state index in [0.29, 0.717) is 29.1 Å². The highest BCUT2D eigenvalue weighted by atomic mass is 79.9. The van der Waals surface area contributed by atoms with E-state index in [0.717, 1.165) is 11.3 Å². The first-order valence-corrected chi connectivity index (χ1v) is 9.40. The van der Waals surface area contributed by atoms with Gasteiger partial charge in [0.15, 0.2) is 5.82 Å². The van der Waals surface area contributed by atoms with Gasteiger partial charge in [0, 0.05) is 18.1 Å². The van der Waals surface area contributed by atoms with Crippen molar-refractivity contribution >= 4 is 26.8 Å². The molecule has 0 fully saturated rings. The minimum atomic E-state index is -0.692. The molecule has 4 nitrogen and oxygen atoms in total. The SMILES string of the molecule is Cc1ccc(-c2nn(C)c3c(F)c(Br)c(F)cc23)c(OCc2ccccc2)n1. The van der Waals surface area contributed by atoms with Crippen molar-refractivity contribution < 1.29 is 13.5 Å². The highest BCUT2D eigenvalue weighted by molar-refractivity contribution is 9.10. The van der Waals surface area contributed by atoms with Crippen molar-refractivity contribution in [1.82, 2.24) is 14.8 Å². The molecule has 28 heavy (non-hydrogen) atoms. The van der Waals surface area contributed by atoms with Gasteiger partial charge in [-0.2, -0.15) is 5.10 Å². The van der Waals surface area contributed by atoms with Gasteiger partial charge in [0.2, 0.25) is 5.88 Å². The molecule has 7 heteroatoms. The van der Waals surface area contributed by atoms with E-state index in [1.54, 1.807) is 7.05 Å². The summed E-state index contributed by atoms with van der Waals surface area (Å²) in [6.07, 6.45) is 0. The Balaban J connectivity index is 1.84. The van der Waals surface area contributed by atoms with Crippen molar-refractivity contribution in [3.63, 3.8) is 0 Å². The Hall–Kier alpha value is -2.80.